The maximum absolute atomic E-state index is 12.1. The zero-order valence-corrected chi connectivity index (χ0v) is 11.7. The summed E-state index contributed by atoms with van der Waals surface area (Å²) in [6.45, 7) is 4.37. The van der Waals surface area contributed by atoms with Crippen LogP contribution in [0.15, 0.2) is 43.0 Å². The van der Waals surface area contributed by atoms with E-state index in [-0.39, 0.29) is 18.4 Å². The van der Waals surface area contributed by atoms with E-state index < -0.39 is 0 Å². The van der Waals surface area contributed by atoms with Gasteiger partial charge in [-0.15, -0.1) is 16.8 Å². The lowest BCUT2D eigenvalue weighted by Gasteiger charge is -2.06. The van der Waals surface area contributed by atoms with E-state index in [1.54, 1.807) is 36.4 Å². The van der Waals surface area contributed by atoms with Crippen molar-refractivity contribution >= 4 is 17.4 Å². The highest BCUT2D eigenvalue weighted by atomic mass is 16.7. The lowest BCUT2D eigenvalue weighted by atomic mass is 10.2. The SMILES string of the molecule is C=CCNc1ccc(C(=O)Nc2ccc3c(c2)OCO3)nn1. The molecule has 0 aliphatic carbocycles. The van der Waals surface area contributed by atoms with Gasteiger partial charge in [0.15, 0.2) is 17.2 Å². The Bertz CT molecular complexity index is 700. The summed E-state index contributed by atoms with van der Waals surface area (Å²) in [6.07, 6.45) is 1.71. The monoisotopic (exact) mass is 298 g/mol. The van der Waals surface area contributed by atoms with Crippen molar-refractivity contribution in [2.75, 3.05) is 24.0 Å². The number of fused-ring (bicyclic) bond motifs is 1. The molecule has 0 atom stereocenters. The first kappa shape index (κ1) is 13.9. The Labute approximate surface area is 127 Å². The third-order valence-corrected chi connectivity index (χ3v) is 2.96. The van der Waals surface area contributed by atoms with Crippen LogP contribution in [0.4, 0.5) is 11.5 Å². The third kappa shape index (κ3) is 2.98. The molecule has 1 aromatic heterocycles. The second-order valence-electron chi connectivity index (χ2n) is 4.50. The average molecular weight is 298 g/mol. The van der Waals surface area contributed by atoms with E-state index in [0.717, 1.165) is 0 Å². The van der Waals surface area contributed by atoms with Gasteiger partial charge in [0.25, 0.3) is 5.91 Å². The molecule has 2 aromatic rings. The molecule has 2 N–H and O–H groups in total. The van der Waals surface area contributed by atoms with Gasteiger partial charge in [0.2, 0.25) is 6.79 Å². The first-order valence-electron chi connectivity index (χ1n) is 6.66. The number of ether oxygens (including phenoxy) is 2. The van der Waals surface area contributed by atoms with Gasteiger partial charge in [-0.25, -0.2) is 0 Å². The van der Waals surface area contributed by atoms with E-state index in [9.17, 15) is 4.79 Å². The van der Waals surface area contributed by atoms with Crippen LogP contribution in [0.2, 0.25) is 0 Å². The molecule has 0 bridgehead atoms. The maximum Gasteiger partial charge on any atom is 0.276 e. The summed E-state index contributed by atoms with van der Waals surface area (Å²) in [4.78, 5) is 12.1. The summed E-state index contributed by atoms with van der Waals surface area (Å²) in [5.74, 6) is 1.50. The van der Waals surface area contributed by atoms with Gasteiger partial charge in [0, 0.05) is 18.3 Å². The number of carbonyl (C=O) groups excluding carboxylic acids is 1. The highest BCUT2D eigenvalue weighted by molar-refractivity contribution is 6.02. The van der Waals surface area contributed by atoms with Crippen molar-refractivity contribution < 1.29 is 14.3 Å². The normalized spacial score (nSPS) is 11.8. The largest absolute Gasteiger partial charge is 0.454 e. The number of aromatic nitrogens is 2. The lowest BCUT2D eigenvalue weighted by Crippen LogP contribution is -2.14. The van der Waals surface area contributed by atoms with Gasteiger partial charge in [0.05, 0.1) is 0 Å². The third-order valence-electron chi connectivity index (χ3n) is 2.96. The predicted octanol–water partition coefficient (Wildman–Crippen LogP) is 2.06. The van der Waals surface area contributed by atoms with Gasteiger partial charge in [0.1, 0.15) is 5.82 Å². The number of nitrogens with one attached hydrogen (secondary N) is 2. The topological polar surface area (TPSA) is 85.4 Å². The molecular weight excluding hydrogens is 284 g/mol. The van der Waals surface area contributed by atoms with Crippen molar-refractivity contribution in [3.63, 3.8) is 0 Å². The summed E-state index contributed by atoms with van der Waals surface area (Å²) < 4.78 is 10.5. The van der Waals surface area contributed by atoms with Crippen LogP contribution in [0.5, 0.6) is 11.5 Å². The van der Waals surface area contributed by atoms with Crippen molar-refractivity contribution in [3.05, 3.63) is 48.7 Å². The number of hydrogen-bond donors (Lipinski definition) is 2. The second kappa shape index (κ2) is 6.13. The molecule has 0 unspecified atom stereocenters. The van der Waals surface area contributed by atoms with Gasteiger partial charge < -0.3 is 20.1 Å². The Morgan fingerprint density at radius 3 is 2.86 bits per heavy atom. The molecule has 1 amide bonds. The summed E-state index contributed by atoms with van der Waals surface area (Å²) in [6, 6.07) is 8.46. The smallest absolute Gasteiger partial charge is 0.276 e. The Hall–Kier alpha value is -3.09. The summed E-state index contributed by atoms with van der Waals surface area (Å²) in [5, 5.41) is 13.5. The molecule has 1 aliphatic rings. The number of benzene rings is 1. The van der Waals surface area contributed by atoms with Crippen LogP contribution < -0.4 is 20.1 Å². The van der Waals surface area contributed by atoms with Crippen molar-refractivity contribution in [1.29, 1.82) is 0 Å². The van der Waals surface area contributed by atoms with E-state index in [0.29, 0.717) is 29.5 Å². The first-order valence-corrected chi connectivity index (χ1v) is 6.66. The predicted molar refractivity (Wildman–Crippen MR) is 81.2 cm³/mol. The molecule has 0 spiro atoms. The van der Waals surface area contributed by atoms with E-state index in [4.69, 9.17) is 9.47 Å². The fraction of sp³-hybridized carbons (Fsp3) is 0.133. The number of nitrogens with zero attached hydrogens (tertiary/aromatic N) is 2. The van der Waals surface area contributed by atoms with Crippen molar-refractivity contribution in [2.45, 2.75) is 0 Å². The molecule has 0 radical (unpaired) electrons. The Kier molecular flexibility index (Phi) is 3.86. The van der Waals surface area contributed by atoms with E-state index in [2.05, 4.69) is 27.4 Å². The fourth-order valence-corrected chi connectivity index (χ4v) is 1.89. The zero-order chi connectivity index (χ0) is 15.4. The molecule has 0 fully saturated rings. The van der Waals surface area contributed by atoms with Gasteiger partial charge in [-0.1, -0.05) is 6.08 Å². The zero-order valence-electron chi connectivity index (χ0n) is 11.7. The van der Waals surface area contributed by atoms with Crippen LogP contribution in [0.3, 0.4) is 0 Å². The van der Waals surface area contributed by atoms with Crippen LogP contribution in [-0.2, 0) is 0 Å². The van der Waals surface area contributed by atoms with Crippen LogP contribution in [0.25, 0.3) is 0 Å². The minimum absolute atomic E-state index is 0.192. The minimum Gasteiger partial charge on any atom is -0.454 e. The molecule has 2 heterocycles. The highest BCUT2D eigenvalue weighted by Crippen LogP contribution is 2.34. The highest BCUT2D eigenvalue weighted by Gasteiger charge is 2.15. The fourth-order valence-electron chi connectivity index (χ4n) is 1.89. The van der Waals surface area contributed by atoms with Crippen LogP contribution in [0, 0.1) is 0 Å². The van der Waals surface area contributed by atoms with Crippen molar-refractivity contribution in [1.82, 2.24) is 10.2 Å². The number of hydrogen-bond acceptors (Lipinski definition) is 6. The van der Waals surface area contributed by atoms with Crippen molar-refractivity contribution in [2.24, 2.45) is 0 Å². The molecule has 22 heavy (non-hydrogen) atoms. The maximum atomic E-state index is 12.1. The molecule has 7 nitrogen and oxygen atoms in total. The Morgan fingerprint density at radius 1 is 1.23 bits per heavy atom. The van der Waals surface area contributed by atoms with E-state index >= 15 is 0 Å². The second-order valence-corrected chi connectivity index (χ2v) is 4.50. The van der Waals surface area contributed by atoms with Gasteiger partial charge in [-0.3, -0.25) is 4.79 Å². The Balaban J connectivity index is 1.67. The molecule has 112 valence electrons. The number of amides is 1. The van der Waals surface area contributed by atoms with Gasteiger partial charge >= 0.3 is 0 Å². The van der Waals surface area contributed by atoms with Crippen molar-refractivity contribution in [3.8, 4) is 11.5 Å². The van der Waals surface area contributed by atoms with Crippen LogP contribution >= 0.6 is 0 Å². The molecule has 0 saturated carbocycles. The van der Waals surface area contributed by atoms with Gasteiger partial charge in [-0.2, -0.15) is 0 Å². The molecule has 1 aliphatic heterocycles. The average Bonchev–Trinajstić information content (AvgIpc) is 3.01. The lowest BCUT2D eigenvalue weighted by molar-refractivity contribution is 0.102. The van der Waals surface area contributed by atoms with Crippen LogP contribution in [-0.4, -0.2) is 29.4 Å². The number of rotatable bonds is 5. The molecule has 1 aromatic carbocycles. The van der Waals surface area contributed by atoms with Crippen LogP contribution in [0.1, 0.15) is 10.5 Å². The number of carbonyl (C=O) groups is 1. The summed E-state index contributed by atoms with van der Waals surface area (Å²) in [5.41, 5.74) is 0.826. The van der Waals surface area contributed by atoms with E-state index in [1.165, 1.54) is 0 Å². The Morgan fingerprint density at radius 2 is 2.09 bits per heavy atom. The molecule has 7 heteroatoms. The van der Waals surface area contributed by atoms with E-state index in [1.807, 2.05) is 0 Å². The molecule has 3 rings (SSSR count). The summed E-state index contributed by atoms with van der Waals surface area (Å²) in [7, 11) is 0. The molecule has 0 saturated heterocycles. The summed E-state index contributed by atoms with van der Waals surface area (Å²) >= 11 is 0. The molecular formula is C15H14N4O3. The number of anilines is 2. The standard InChI is InChI=1S/C15H14N4O3/c1-2-7-16-14-6-4-11(18-19-14)15(20)17-10-3-5-12-13(8-10)22-9-21-12/h2-6,8H,1,7,9H2,(H,16,19)(H,17,20). The van der Waals surface area contributed by atoms with Gasteiger partial charge in [-0.05, 0) is 24.3 Å². The first-order chi connectivity index (χ1) is 10.8. The minimum atomic E-state index is -0.346. The quantitative estimate of drug-likeness (QED) is 0.822.